The molecular formula is C17H22Cl2IN5O. The van der Waals surface area contributed by atoms with Crippen molar-refractivity contribution >= 4 is 59.0 Å². The van der Waals surface area contributed by atoms with Gasteiger partial charge in [0.15, 0.2) is 5.96 Å². The summed E-state index contributed by atoms with van der Waals surface area (Å²) < 4.78 is 1.81. The fraction of sp³-hybridized carbons (Fsp3) is 0.294. The monoisotopic (exact) mass is 509 g/mol. The fourth-order valence-corrected chi connectivity index (χ4v) is 2.62. The lowest BCUT2D eigenvalue weighted by Gasteiger charge is -2.13. The summed E-state index contributed by atoms with van der Waals surface area (Å²) in [4.78, 5) is 16.1. The highest BCUT2D eigenvalue weighted by Crippen LogP contribution is 2.24. The van der Waals surface area contributed by atoms with Gasteiger partial charge >= 0.3 is 0 Å². The SMILES string of the molecule is CN=C(NCCNC(=O)c1ccccc1)NCc1cc(Cl)c(Cl)n1C.I. The molecule has 0 radical (unpaired) electrons. The number of guanidine groups is 1. The van der Waals surface area contributed by atoms with E-state index >= 15 is 0 Å². The van der Waals surface area contributed by atoms with Crippen LogP contribution in [0, 0.1) is 0 Å². The number of carbonyl (C=O) groups excluding carboxylic acids is 1. The van der Waals surface area contributed by atoms with Crippen molar-refractivity contribution in [3.05, 3.63) is 57.8 Å². The van der Waals surface area contributed by atoms with Gasteiger partial charge in [-0.1, -0.05) is 41.4 Å². The molecule has 3 N–H and O–H groups in total. The molecule has 1 aromatic heterocycles. The predicted molar refractivity (Wildman–Crippen MR) is 118 cm³/mol. The van der Waals surface area contributed by atoms with E-state index in [4.69, 9.17) is 23.2 Å². The van der Waals surface area contributed by atoms with Gasteiger partial charge in [-0.05, 0) is 18.2 Å². The summed E-state index contributed by atoms with van der Waals surface area (Å²) in [5, 5.41) is 10.2. The van der Waals surface area contributed by atoms with Crippen molar-refractivity contribution in [2.75, 3.05) is 20.1 Å². The van der Waals surface area contributed by atoms with Gasteiger partial charge in [0.2, 0.25) is 0 Å². The highest BCUT2D eigenvalue weighted by atomic mass is 127. The third kappa shape index (κ3) is 6.37. The van der Waals surface area contributed by atoms with Crippen molar-refractivity contribution in [2.45, 2.75) is 6.54 Å². The standard InChI is InChI=1S/C17H21Cl2N5O.HI/c1-20-17(23-11-13-10-14(18)15(19)24(13)2)22-9-8-21-16(25)12-6-4-3-5-7-12;/h3-7,10H,8-9,11H2,1-2H3,(H,21,25)(H2,20,22,23);1H. The topological polar surface area (TPSA) is 70.4 Å². The van der Waals surface area contributed by atoms with Crippen LogP contribution in [0.25, 0.3) is 0 Å². The van der Waals surface area contributed by atoms with E-state index in [0.29, 0.717) is 41.3 Å². The second-order valence-electron chi connectivity index (χ2n) is 5.31. The molecule has 1 heterocycles. The largest absolute Gasteiger partial charge is 0.355 e. The van der Waals surface area contributed by atoms with Crippen LogP contribution in [0.15, 0.2) is 41.4 Å². The van der Waals surface area contributed by atoms with E-state index in [9.17, 15) is 4.79 Å². The highest BCUT2D eigenvalue weighted by Gasteiger charge is 2.09. The van der Waals surface area contributed by atoms with Crippen LogP contribution in [-0.4, -0.2) is 36.6 Å². The number of hydrogen-bond acceptors (Lipinski definition) is 2. The van der Waals surface area contributed by atoms with Crippen LogP contribution in [0.5, 0.6) is 0 Å². The number of nitrogens with zero attached hydrogens (tertiary/aromatic N) is 2. The maximum Gasteiger partial charge on any atom is 0.251 e. The Labute approximate surface area is 180 Å². The molecule has 0 aliphatic heterocycles. The van der Waals surface area contributed by atoms with Crippen molar-refractivity contribution in [3.63, 3.8) is 0 Å². The van der Waals surface area contributed by atoms with E-state index in [1.165, 1.54) is 0 Å². The molecule has 1 aromatic carbocycles. The number of aliphatic imine (C=N–C) groups is 1. The van der Waals surface area contributed by atoms with Crippen LogP contribution in [-0.2, 0) is 13.6 Å². The zero-order chi connectivity index (χ0) is 18.2. The minimum atomic E-state index is -0.0987. The number of halogens is 3. The molecule has 142 valence electrons. The maximum atomic E-state index is 11.9. The van der Waals surface area contributed by atoms with E-state index in [2.05, 4.69) is 20.9 Å². The molecule has 0 saturated heterocycles. The van der Waals surface area contributed by atoms with Gasteiger partial charge in [-0.2, -0.15) is 0 Å². The zero-order valence-corrected chi connectivity index (χ0v) is 18.4. The molecular weight excluding hydrogens is 488 g/mol. The number of amides is 1. The molecule has 0 spiro atoms. The molecule has 0 bridgehead atoms. The summed E-state index contributed by atoms with van der Waals surface area (Å²) in [7, 11) is 3.53. The van der Waals surface area contributed by atoms with Crippen LogP contribution in [0.3, 0.4) is 0 Å². The van der Waals surface area contributed by atoms with E-state index in [1.54, 1.807) is 19.2 Å². The minimum absolute atomic E-state index is 0. The minimum Gasteiger partial charge on any atom is -0.355 e. The Balaban J connectivity index is 0.00000338. The van der Waals surface area contributed by atoms with Gasteiger partial charge in [-0.15, -0.1) is 24.0 Å². The van der Waals surface area contributed by atoms with Crippen LogP contribution in [0.2, 0.25) is 10.2 Å². The first-order valence-corrected chi connectivity index (χ1v) is 8.56. The van der Waals surface area contributed by atoms with Gasteiger partial charge in [0, 0.05) is 38.4 Å². The summed E-state index contributed by atoms with van der Waals surface area (Å²) in [6.45, 7) is 1.56. The summed E-state index contributed by atoms with van der Waals surface area (Å²) in [6, 6.07) is 10.9. The number of carbonyl (C=O) groups is 1. The Hall–Kier alpha value is -1.45. The molecule has 0 saturated carbocycles. The number of benzene rings is 1. The lowest BCUT2D eigenvalue weighted by molar-refractivity contribution is 0.0954. The number of hydrogen-bond donors (Lipinski definition) is 3. The fourth-order valence-electron chi connectivity index (χ4n) is 2.20. The Morgan fingerprint density at radius 1 is 1.12 bits per heavy atom. The molecule has 0 fully saturated rings. The van der Waals surface area contributed by atoms with Crippen LogP contribution in [0.1, 0.15) is 16.1 Å². The predicted octanol–water partition coefficient (Wildman–Crippen LogP) is 3.04. The molecule has 1 amide bonds. The summed E-state index contributed by atoms with van der Waals surface area (Å²) in [5.41, 5.74) is 1.58. The van der Waals surface area contributed by atoms with Crippen molar-refractivity contribution in [3.8, 4) is 0 Å². The maximum absolute atomic E-state index is 11.9. The molecule has 0 aliphatic rings. The van der Waals surface area contributed by atoms with Gasteiger partial charge in [-0.3, -0.25) is 9.79 Å². The lowest BCUT2D eigenvalue weighted by atomic mass is 10.2. The first kappa shape index (κ1) is 22.6. The second kappa shape index (κ2) is 11.3. The normalized spacial score (nSPS) is 10.8. The molecule has 2 rings (SSSR count). The lowest BCUT2D eigenvalue weighted by Crippen LogP contribution is -2.41. The quantitative estimate of drug-likeness (QED) is 0.242. The number of nitrogens with one attached hydrogen (secondary N) is 3. The molecule has 9 heteroatoms. The van der Waals surface area contributed by atoms with Crippen molar-refractivity contribution in [1.29, 1.82) is 0 Å². The number of aromatic nitrogens is 1. The van der Waals surface area contributed by atoms with Crippen LogP contribution >= 0.6 is 47.2 Å². The molecule has 0 unspecified atom stereocenters. The average Bonchev–Trinajstić information content (AvgIpc) is 2.88. The van der Waals surface area contributed by atoms with E-state index in [1.807, 2.05) is 35.9 Å². The van der Waals surface area contributed by atoms with Gasteiger partial charge in [0.1, 0.15) is 5.15 Å². The Kier molecular flexibility index (Phi) is 9.82. The van der Waals surface area contributed by atoms with Crippen molar-refractivity contribution < 1.29 is 4.79 Å². The second-order valence-corrected chi connectivity index (χ2v) is 6.07. The van der Waals surface area contributed by atoms with Crippen LogP contribution < -0.4 is 16.0 Å². The van der Waals surface area contributed by atoms with E-state index < -0.39 is 0 Å². The molecule has 6 nitrogen and oxygen atoms in total. The van der Waals surface area contributed by atoms with Gasteiger partial charge in [-0.25, -0.2) is 0 Å². The van der Waals surface area contributed by atoms with Crippen molar-refractivity contribution in [2.24, 2.45) is 12.0 Å². The Morgan fingerprint density at radius 2 is 1.77 bits per heavy atom. The number of rotatable bonds is 6. The van der Waals surface area contributed by atoms with Gasteiger partial charge in [0.25, 0.3) is 5.91 Å². The third-order valence-electron chi connectivity index (χ3n) is 3.62. The Morgan fingerprint density at radius 3 is 2.35 bits per heavy atom. The third-order valence-corrected chi connectivity index (χ3v) is 4.46. The molecule has 26 heavy (non-hydrogen) atoms. The Bertz CT molecular complexity index is 749. The smallest absolute Gasteiger partial charge is 0.251 e. The first-order chi connectivity index (χ1) is 12.0. The highest BCUT2D eigenvalue weighted by molar-refractivity contribution is 14.0. The summed E-state index contributed by atoms with van der Waals surface area (Å²) in [6.07, 6.45) is 0. The van der Waals surface area contributed by atoms with Gasteiger partial charge < -0.3 is 20.5 Å². The van der Waals surface area contributed by atoms with E-state index in [0.717, 1.165) is 5.69 Å². The first-order valence-electron chi connectivity index (χ1n) is 7.80. The molecule has 2 aromatic rings. The zero-order valence-electron chi connectivity index (χ0n) is 14.6. The van der Waals surface area contributed by atoms with Gasteiger partial charge in [0.05, 0.1) is 11.6 Å². The summed E-state index contributed by atoms with van der Waals surface area (Å²) in [5.74, 6) is 0.529. The average molecular weight is 510 g/mol. The molecule has 0 aliphatic carbocycles. The summed E-state index contributed by atoms with van der Waals surface area (Å²) >= 11 is 12.0. The van der Waals surface area contributed by atoms with E-state index in [-0.39, 0.29) is 29.9 Å². The van der Waals surface area contributed by atoms with Crippen LogP contribution in [0.4, 0.5) is 0 Å². The molecule has 0 atom stereocenters. The van der Waals surface area contributed by atoms with Crippen molar-refractivity contribution in [1.82, 2.24) is 20.5 Å².